The summed E-state index contributed by atoms with van der Waals surface area (Å²) < 4.78 is 0. The molecule has 0 aromatic heterocycles. The average Bonchev–Trinajstić information content (AvgIpc) is 2.42. The van der Waals surface area contributed by atoms with Crippen molar-refractivity contribution in [2.24, 2.45) is 0 Å². The molecule has 0 atom stereocenters. The molecule has 0 aliphatic heterocycles. The van der Waals surface area contributed by atoms with E-state index in [2.05, 4.69) is 5.32 Å². The van der Waals surface area contributed by atoms with Gasteiger partial charge in [0.2, 0.25) is 0 Å². The fraction of sp³-hybridized carbons (Fsp3) is 0. The number of nitrogens with one attached hydrogen (secondary N) is 1. The van der Waals surface area contributed by atoms with E-state index in [-0.39, 0.29) is 32.7 Å². The third-order valence-corrected chi connectivity index (χ3v) is 3.36. The number of nitrogens with two attached hydrogens (primary N) is 1. The second-order valence-corrected chi connectivity index (χ2v) is 4.86. The van der Waals surface area contributed by atoms with Gasteiger partial charge in [-0.25, -0.2) is 0 Å². The van der Waals surface area contributed by atoms with E-state index >= 15 is 0 Å². The number of amides is 1. The Balaban J connectivity index is 2.38. The summed E-state index contributed by atoms with van der Waals surface area (Å²) >= 11 is 11.9. The molecule has 0 aliphatic carbocycles. The van der Waals surface area contributed by atoms with Crippen molar-refractivity contribution in [1.29, 1.82) is 0 Å². The van der Waals surface area contributed by atoms with Crippen LogP contribution in [0.5, 0.6) is 0 Å². The first kappa shape index (κ1) is 15.1. The van der Waals surface area contributed by atoms with Crippen molar-refractivity contribution in [3.63, 3.8) is 0 Å². The standard InChI is InChI=1S/C13H9Cl2N3O3/c14-8-4-2-5-9(15)12(8)17-13(19)7-3-1-6-10(11(7)16)18(20)21/h1-6H,16H2,(H,17,19). The summed E-state index contributed by atoms with van der Waals surface area (Å²) in [6.45, 7) is 0. The highest BCUT2D eigenvalue weighted by molar-refractivity contribution is 6.40. The number of nitrogens with zero attached hydrogens (tertiary/aromatic N) is 1. The molecule has 1 amide bonds. The van der Waals surface area contributed by atoms with Crippen molar-refractivity contribution in [3.8, 4) is 0 Å². The van der Waals surface area contributed by atoms with E-state index in [1.165, 1.54) is 18.2 Å². The van der Waals surface area contributed by atoms with Gasteiger partial charge in [0, 0.05) is 6.07 Å². The molecule has 0 heterocycles. The smallest absolute Gasteiger partial charge is 0.292 e. The van der Waals surface area contributed by atoms with Crippen LogP contribution in [0.4, 0.5) is 17.1 Å². The van der Waals surface area contributed by atoms with E-state index in [0.29, 0.717) is 0 Å². The number of nitro benzene ring substituents is 1. The molecule has 0 saturated carbocycles. The molecule has 0 spiro atoms. The summed E-state index contributed by atoms with van der Waals surface area (Å²) in [5.74, 6) is -0.633. The van der Waals surface area contributed by atoms with E-state index in [1.807, 2.05) is 0 Å². The summed E-state index contributed by atoms with van der Waals surface area (Å²) in [6, 6.07) is 8.70. The van der Waals surface area contributed by atoms with Gasteiger partial charge in [-0.05, 0) is 18.2 Å². The zero-order valence-corrected chi connectivity index (χ0v) is 12.0. The third kappa shape index (κ3) is 3.07. The minimum atomic E-state index is -0.658. The Hall–Kier alpha value is -2.31. The third-order valence-electron chi connectivity index (χ3n) is 2.73. The molecular weight excluding hydrogens is 317 g/mol. The molecule has 0 bridgehead atoms. The molecule has 0 fully saturated rings. The van der Waals surface area contributed by atoms with Crippen molar-refractivity contribution in [2.45, 2.75) is 0 Å². The van der Waals surface area contributed by atoms with Gasteiger partial charge in [0.15, 0.2) is 0 Å². The van der Waals surface area contributed by atoms with Gasteiger partial charge >= 0.3 is 0 Å². The fourth-order valence-corrected chi connectivity index (χ4v) is 2.20. The summed E-state index contributed by atoms with van der Waals surface area (Å²) in [5, 5.41) is 13.8. The Labute approximate surface area is 129 Å². The highest BCUT2D eigenvalue weighted by Crippen LogP contribution is 2.31. The molecule has 0 unspecified atom stereocenters. The predicted molar refractivity (Wildman–Crippen MR) is 81.9 cm³/mol. The first-order valence-electron chi connectivity index (χ1n) is 5.70. The molecule has 2 aromatic carbocycles. The molecule has 2 rings (SSSR count). The monoisotopic (exact) mass is 325 g/mol. The minimum Gasteiger partial charge on any atom is -0.393 e. The molecule has 108 valence electrons. The lowest BCUT2D eigenvalue weighted by Crippen LogP contribution is -2.15. The molecule has 0 saturated heterocycles. The van der Waals surface area contributed by atoms with Gasteiger partial charge in [-0.15, -0.1) is 0 Å². The van der Waals surface area contributed by atoms with Crippen LogP contribution in [-0.2, 0) is 0 Å². The first-order valence-corrected chi connectivity index (χ1v) is 6.45. The lowest BCUT2D eigenvalue weighted by molar-refractivity contribution is -0.383. The van der Waals surface area contributed by atoms with Crippen LogP contribution in [0.25, 0.3) is 0 Å². The lowest BCUT2D eigenvalue weighted by Gasteiger charge is -2.10. The highest BCUT2D eigenvalue weighted by Gasteiger charge is 2.20. The quantitative estimate of drug-likeness (QED) is 0.510. The van der Waals surface area contributed by atoms with Crippen LogP contribution in [0.1, 0.15) is 10.4 Å². The van der Waals surface area contributed by atoms with Crippen molar-refractivity contribution in [3.05, 3.63) is 62.1 Å². The van der Waals surface area contributed by atoms with E-state index in [9.17, 15) is 14.9 Å². The van der Waals surface area contributed by atoms with Gasteiger partial charge in [0.05, 0.1) is 26.2 Å². The lowest BCUT2D eigenvalue weighted by atomic mass is 10.1. The Morgan fingerprint density at radius 3 is 2.29 bits per heavy atom. The number of rotatable bonds is 3. The van der Waals surface area contributed by atoms with Gasteiger partial charge in [-0.1, -0.05) is 35.3 Å². The Morgan fingerprint density at radius 2 is 1.71 bits per heavy atom. The molecule has 8 heteroatoms. The van der Waals surface area contributed by atoms with Gasteiger partial charge in [-0.3, -0.25) is 14.9 Å². The normalized spacial score (nSPS) is 10.2. The summed E-state index contributed by atoms with van der Waals surface area (Å²) in [6.07, 6.45) is 0. The van der Waals surface area contributed by atoms with Crippen molar-refractivity contribution < 1.29 is 9.72 Å². The molecule has 3 N–H and O–H groups in total. The number of hydrogen-bond donors (Lipinski definition) is 2. The van der Waals surface area contributed by atoms with Crippen LogP contribution >= 0.6 is 23.2 Å². The fourth-order valence-electron chi connectivity index (χ4n) is 1.71. The number of benzene rings is 2. The maximum absolute atomic E-state index is 12.2. The number of nitrogen functional groups attached to an aromatic ring is 1. The molecule has 0 aliphatic rings. The number of carbonyl (C=O) groups is 1. The molecule has 2 aromatic rings. The van der Waals surface area contributed by atoms with Crippen LogP contribution in [-0.4, -0.2) is 10.8 Å². The van der Waals surface area contributed by atoms with Crippen LogP contribution in [0.2, 0.25) is 10.0 Å². The molecule has 21 heavy (non-hydrogen) atoms. The van der Waals surface area contributed by atoms with Crippen LogP contribution in [0.15, 0.2) is 36.4 Å². The van der Waals surface area contributed by atoms with E-state index in [1.54, 1.807) is 18.2 Å². The van der Waals surface area contributed by atoms with E-state index in [4.69, 9.17) is 28.9 Å². The highest BCUT2D eigenvalue weighted by atomic mass is 35.5. The van der Waals surface area contributed by atoms with E-state index in [0.717, 1.165) is 0 Å². The zero-order valence-electron chi connectivity index (χ0n) is 10.5. The maximum atomic E-state index is 12.2. The second kappa shape index (κ2) is 5.99. The van der Waals surface area contributed by atoms with Gasteiger partial charge in [0.25, 0.3) is 11.6 Å². The van der Waals surface area contributed by atoms with Gasteiger partial charge in [0.1, 0.15) is 5.69 Å². The first-order chi connectivity index (χ1) is 9.91. The topological polar surface area (TPSA) is 98.3 Å². The van der Waals surface area contributed by atoms with Gasteiger partial charge < -0.3 is 11.1 Å². The number of halogens is 2. The van der Waals surface area contributed by atoms with Crippen LogP contribution in [0, 0.1) is 10.1 Å². The molecule has 6 nitrogen and oxygen atoms in total. The van der Waals surface area contributed by atoms with Crippen molar-refractivity contribution >= 4 is 46.2 Å². The molecule has 0 radical (unpaired) electrons. The largest absolute Gasteiger partial charge is 0.393 e. The SMILES string of the molecule is Nc1c(C(=O)Nc2c(Cl)cccc2Cl)cccc1[N+](=O)[O-]. The number of anilines is 2. The van der Waals surface area contributed by atoms with Crippen LogP contribution in [0.3, 0.4) is 0 Å². The van der Waals surface area contributed by atoms with E-state index < -0.39 is 10.8 Å². The zero-order chi connectivity index (χ0) is 15.6. The summed E-state index contributed by atoms with van der Waals surface area (Å²) in [4.78, 5) is 22.3. The molecular formula is C13H9Cl2N3O3. The average molecular weight is 326 g/mol. The number of nitro groups is 1. The summed E-state index contributed by atoms with van der Waals surface area (Å²) in [5.41, 5.74) is 5.28. The maximum Gasteiger partial charge on any atom is 0.292 e. The predicted octanol–water partition coefficient (Wildman–Crippen LogP) is 3.74. The second-order valence-electron chi connectivity index (χ2n) is 4.05. The number of hydrogen-bond acceptors (Lipinski definition) is 4. The number of para-hydroxylation sites is 2. The Kier molecular flexibility index (Phi) is 4.30. The van der Waals surface area contributed by atoms with Crippen molar-refractivity contribution in [1.82, 2.24) is 0 Å². The van der Waals surface area contributed by atoms with Crippen molar-refractivity contribution in [2.75, 3.05) is 11.1 Å². The Morgan fingerprint density at radius 1 is 1.14 bits per heavy atom. The van der Waals surface area contributed by atoms with Crippen LogP contribution < -0.4 is 11.1 Å². The Bertz CT molecular complexity index is 714. The van der Waals surface area contributed by atoms with Gasteiger partial charge in [-0.2, -0.15) is 0 Å². The minimum absolute atomic E-state index is 0.0276. The summed E-state index contributed by atoms with van der Waals surface area (Å²) in [7, 11) is 0. The number of carbonyl (C=O) groups excluding carboxylic acids is 1.